The summed E-state index contributed by atoms with van der Waals surface area (Å²) in [6, 6.07) is -0.415. The molecule has 1 amide bonds. The Morgan fingerprint density at radius 1 is 1.50 bits per heavy atom. The Hall–Kier alpha value is -0.620. The zero-order valence-corrected chi connectivity index (χ0v) is 11.2. The quantitative estimate of drug-likeness (QED) is 0.697. The molecule has 0 aliphatic rings. The van der Waals surface area contributed by atoms with E-state index in [-0.39, 0.29) is 11.7 Å². The van der Waals surface area contributed by atoms with Gasteiger partial charge in [0.1, 0.15) is 9.84 Å². The summed E-state index contributed by atoms with van der Waals surface area (Å²) in [5.41, 5.74) is 4.89. The average Bonchev–Trinajstić information content (AvgIpc) is 1.99. The van der Waals surface area contributed by atoms with Crippen molar-refractivity contribution in [3.05, 3.63) is 0 Å². The van der Waals surface area contributed by atoms with Crippen LogP contribution in [-0.4, -0.2) is 37.9 Å². The molecule has 0 spiro atoms. The van der Waals surface area contributed by atoms with E-state index in [0.717, 1.165) is 12.7 Å². The summed E-state index contributed by atoms with van der Waals surface area (Å²) in [4.78, 5) is 11.7. The fourth-order valence-electron chi connectivity index (χ4n) is 1.52. The molecule has 0 aromatic carbocycles. The van der Waals surface area contributed by atoms with E-state index in [4.69, 9.17) is 5.73 Å². The molecule has 16 heavy (non-hydrogen) atoms. The van der Waals surface area contributed by atoms with Crippen molar-refractivity contribution >= 4 is 15.7 Å². The molecule has 5 nitrogen and oxygen atoms in total. The number of sulfone groups is 1. The molecule has 6 heteroatoms. The number of amides is 1. The Morgan fingerprint density at radius 3 is 2.38 bits per heavy atom. The molecule has 0 bridgehead atoms. The fraction of sp³-hybridized carbons (Fsp3) is 0.900. The maximum atomic E-state index is 11.7. The maximum absolute atomic E-state index is 11.7. The smallest absolute Gasteiger partial charge is 0.240 e. The molecule has 0 rings (SSSR count). The molecule has 0 saturated heterocycles. The van der Waals surface area contributed by atoms with E-state index in [2.05, 4.69) is 5.32 Å². The minimum Gasteiger partial charge on any atom is -0.351 e. The van der Waals surface area contributed by atoms with Gasteiger partial charge in [-0.2, -0.15) is 0 Å². The number of rotatable bonds is 6. The Morgan fingerprint density at radius 2 is 2.00 bits per heavy atom. The van der Waals surface area contributed by atoms with E-state index in [0.29, 0.717) is 6.42 Å². The van der Waals surface area contributed by atoms with Crippen LogP contribution < -0.4 is 11.1 Å². The lowest BCUT2D eigenvalue weighted by atomic mass is 9.96. The molecule has 0 aliphatic heterocycles. The fourth-order valence-corrected chi connectivity index (χ4v) is 2.51. The normalized spacial score (nSPS) is 17.6. The van der Waals surface area contributed by atoms with Crippen molar-refractivity contribution in [3.63, 3.8) is 0 Å². The molecule has 0 heterocycles. The van der Waals surface area contributed by atoms with Gasteiger partial charge in [0.05, 0.1) is 11.3 Å². The molecular formula is C10H22N2O3S. The van der Waals surface area contributed by atoms with Crippen LogP contribution in [0.2, 0.25) is 0 Å². The topological polar surface area (TPSA) is 89.3 Å². The second kappa shape index (κ2) is 5.63. The summed E-state index contributed by atoms with van der Waals surface area (Å²) in [5.74, 6) is -0.369. The third-order valence-electron chi connectivity index (χ3n) is 2.22. The van der Waals surface area contributed by atoms with Crippen molar-refractivity contribution in [3.8, 4) is 0 Å². The molecule has 0 aromatic rings. The molecule has 0 aliphatic carbocycles. The van der Waals surface area contributed by atoms with Gasteiger partial charge in [0.25, 0.3) is 0 Å². The predicted octanol–water partition coefficient (Wildman–Crippen LogP) is 0.0532. The standard InChI is InChI=1S/C10H22N2O3S/c1-5-6-10(3,11)9(13)12-8(2)7-16(4,14)15/h8H,5-7,11H2,1-4H3,(H,12,13). The Labute approximate surface area is 97.7 Å². The lowest BCUT2D eigenvalue weighted by Gasteiger charge is -2.25. The first-order valence-electron chi connectivity index (χ1n) is 5.36. The van der Waals surface area contributed by atoms with Crippen LogP contribution in [0.3, 0.4) is 0 Å². The third-order valence-corrected chi connectivity index (χ3v) is 3.32. The van der Waals surface area contributed by atoms with Crippen LogP contribution in [-0.2, 0) is 14.6 Å². The number of carbonyl (C=O) groups excluding carboxylic acids is 1. The van der Waals surface area contributed by atoms with Gasteiger partial charge in [0, 0.05) is 12.3 Å². The van der Waals surface area contributed by atoms with E-state index >= 15 is 0 Å². The van der Waals surface area contributed by atoms with Gasteiger partial charge in [-0.3, -0.25) is 4.79 Å². The summed E-state index contributed by atoms with van der Waals surface area (Å²) in [7, 11) is -3.08. The van der Waals surface area contributed by atoms with Crippen molar-refractivity contribution in [2.45, 2.75) is 45.2 Å². The monoisotopic (exact) mass is 250 g/mol. The summed E-state index contributed by atoms with van der Waals surface area (Å²) >= 11 is 0. The highest BCUT2D eigenvalue weighted by Crippen LogP contribution is 2.08. The van der Waals surface area contributed by atoms with Gasteiger partial charge in [-0.15, -0.1) is 0 Å². The third kappa shape index (κ3) is 6.07. The summed E-state index contributed by atoms with van der Waals surface area (Å²) in [6.07, 6.45) is 2.52. The van der Waals surface area contributed by atoms with Crippen LogP contribution in [0.5, 0.6) is 0 Å². The molecule has 0 fully saturated rings. The molecule has 0 radical (unpaired) electrons. The van der Waals surface area contributed by atoms with E-state index in [9.17, 15) is 13.2 Å². The molecule has 0 aromatic heterocycles. The number of carbonyl (C=O) groups is 1. The van der Waals surface area contributed by atoms with E-state index in [1.165, 1.54) is 0 Å². The van der Waals surface area contributed by atoms with Crippen molar-refractivity contribution in [1.29, 1.82) is 0 Å². The Kier molecular flexibility index (Phi) is 5.41. The van der Waals surface area contributed by atoms with E-state index in [1.54, 1.807) is 13.8 Å². The van der Waals surface area contributed by atoms with Crippen molar-refractivity contribution < 1.29 is 13.2 Å². The van der Waals surface area contributed by atoms with Gasteiger partial charge < -0.3 is 11.1 Å². The number of nitrogens with two attached hydrogens (primary N) is 1. The van der Waals surface area contributed by atoms with Gasteiger partial charge >= 0.3 is 0 Å². The van der Waals surface area contributed by atoms with Gasteiger partial charge in [-0.05, 0) is 20.3 Å². The van der Waals surface area contributed by atoms with Crippen LogP contribution in [0.1, 0.15) is 33.6 Å². The lowest BCUT2D eigenvalue weighted by Crippen LogP contribution is -2.54. The van der Waals surface area contributed by atoms with Crippen LogP contribution in [0.25, 0.3) is 0 Å². The Balaban J connectivity index is 4.35. The molecule has 96 valence electrons. The SMILES string of the molecule is CCCC(C)(N)C(=O)NC(C)CS(C)(=O)=O. The van der Waals surface area contributed by atoms with Crippen LogP contribution >= 0.6 is 0 Å². The second-order valence-electron chi connectivity index (χ2n) is 4.63. The molecule has 2 unspecified atom stereocenters. The number of hydrogen-bond donors (Lipinski definition) is 2. The first-order chi connectivity index (χ1) is 7.08. The minimum atomic E-state index is -3.08. The van der Waals surface area contributed by atoms with Crippen LogP contribution in [0, 0.1) is 0 Å². The van der Waals surface area contributed by atoms with Crippen LogP contribution in [0.15, 0.2) is 0 Å². The summed E-state index contributed by atoms with van der Waals surface area (Å²) in [5, 5.41) is 2.62. The zero-order chi connectivity index (χ0) is 13.0. The van der Waals surface area contributed by atoms with E-state index in [1.807, 2.05) is 6.92 Å². The van der Waals surface area contributed by atoms with Gasteiger partial charge in [0.2, 0.25) is 5.91 Å². The van der Waals surface area contributed by atoms with Gasteiger partial charge in [-0.1, -0.05) is 13.3 Å². The van der Waals surface area contributed by atoms with Crippen LogP contribution in [0.4, 0.5) is 0 Å². The summed E-state index contributed by atoms with van der Waals surface area (Å²) < 4.78 is 22.0. The average molecular weight is 250 g/mol. The first kappa shape index (κ1) is 15.4. The molecule has 0 saturated carbocycles. The highest BCUT2D eigenvalue weighted by atomic mass is 32.2. The number of hydrogen-bond acceptors (Lipinski definition) is 4. The van der Waals surface area contributed by atoms with Crippen molar-refractivity contribution in [1.82, 2.24) is 5.32 Å². The van der Waals surface area contributed by atoms with Gasteiger partial charge in [0.15, 0.2) is 0 Å². The highest BCUT2D eigenvalue weighted by Gasteiger charge is 2.28. The second-order valence-corrected chi connectivity index (χ2v) is 6.82. The predicted molar refractivity (Wildman–Crippen MR) is 64.8 cm³/mol. The van der Waals surface area contributed by atoms with Crippen molar-refractivity contribution in [2.75, 3.05) is 12.0 Å². The highest BCUT2D eigenvalue weighted by molar-refractivity contribution is 7.90. The van der Waals surface area contributed by atoms with E-state index < -0.39 is 21.4 Å². The van der Waals surface area contributed by atoms with Gasteiger partial charge in [-0.25, -0.2) is 8.42 Å². The first-order valence-corrected chi connectivity index (χ1v) is 7.42. The molecule has 3 N–H and O–H groups in total. The minimum absolute atomic E-state index is 0.0685. The Bertz CT molecular complexity index is 336. The lowest BCUT2D eigenvalue weighted by molar-refractivity contribution is -0.126. The molecular weight excluding hydrogens is 228 g/mol. The zero-order valence-electron chi connectivity index (χ0n) is 10.4. The molecule has 2 atom stereocenters. The summed E-state index contributed by atoms with van der Waals surface area (Å²) in [6.45, 7) is 5.25. The maximum Gasteiger partial charge on any atom is 0.240 e. The largest absolute Gasteiger partial charge is 0.351 e. The van der Waals surface area contributed by atoms with Crippen molar-refractivity contribution in [2.24, 2.45) is 5.73 Å². The number of nitrogens with one attached hydrogen (secondary N) is 1.